The molecule has 0 spiro atoms. The van der Waals surface area contributed by atoms with E-state index < -0.39 is 90.5 Å². The third-order valence-corrected chi connectivity index (χ3v) is 14.9. The van der Waals surface area contributed by atoms with Crippen molar-refractivity contribution in [1.82, 2.24) is 14.5 Å². The lowest BCUT2D eigenvalue weighted by atomic mass is 9.77. The predicted octanol–water partition coefficient (Wildman–Crippen LogP) is 8.65. The van der Waals surface area contributed by atoms with Gasteiger partial charge in [0.1, 0.15) is 30.4 Å². The molecule has 288 valence electrons. The molecule has 19 heteroatoms. The molecule has 1 aliphatic heterocycles. The van der Waals surface area contributed by atoms with Crippen LogP contribution in [0, 0.1) is 0 Å². The van der Waals surface area contributed by atoms with Crippen LogP contribution < -0.4 is 4.74 Å². The smallest absolute Gasteiger partial charge is 0.491 e. The van der Waals surface area contributed by atoms with Crippen LogP contribution in [0.4, 0.5) is 35.5 Å². The van der Waals surface area contributed by atoms with E-state index in [0.717, 1.165) is 17.0 Å². The summed E-state index contributed by atoms with van der Waals surface area (Å²) >= 11 is 0. The highest BCUT2D eigenvalue weighted by Crippen LogP contribution is 2.51. The number of hydrogen-bond acceptors (Lipinski definition) is 8. The first-order valence-electron chi connectivity index (χ1n) is 16.2. The van der Waals surface area contributed by atoms with Gasteiger partial charge in [-0.05, 0) is 70.8 Å². The Morgan fingerprint density at radius 1 is 1.04 bits per heavy atom. The van der Waals surface area contributed by atoms with Crippen molar-refractivity contribution in [2.45, 2.75) is 127 Å². The van der Waals surface area contributed by atoms with Crippen LogP contribution in [0.5, 0.6) is 5.75 Å². The van der Waals surface area contributed by atoms with Gasteiger partial charge in [-0.3, -0.25) is 4.90 Å². The molecule has 2 heterocycles. The van der Waals surface area contributed by atoms with Crippen LogP contribution in [0.3, 0.4) is 0 Å². The highest BCUT2D eigenvalue weighted by molar-refractivity contribution is 7.87. The van der Waals surface area contributed by atoms with E-state index in [1.165, 1.54) is 37.7 Å². The summed E-state index contributed by atoms with van der Waals surface area (Å²) in [5.74, 6) is -1.20. The van der Waals surface area contributed by atoms with E-state index in [4.69, 9.17) is 13.9 Å². The lowest BCUT2D eigenvalue weighted by Crippen LogP contribution is -2.54. The maximum Gasteiger partial charge on any atom is 0.534 e. The molecule has 0 radical (unpaired) electrons. The van der Waals surface area contributed by atoms with Gasteiger partial charge < -0.3 is 22.6 Å². The van der Waals surface area contributed by atoms with Crippen molar-refractivity contribution in [3.8, 4) is 5.75 Å². The second-order valence-electron chi connectivity index (χ2n) is 15.8. The van der Waals surface area contributed by atoms with Crippen molar-refractivity contribution in [3.05, 3.63) is 35.9 Å². The van der Waals surface area contributed by atoms with E-state index in [9.17, 15) is 43.9 Å². The monoisotopic (exact) mass is 775 g/mol. The first-order valence-corrected chi connectivity index (χ1v) is 20.5. The van der Waals surface area contributed by atoms with E-state index >= 15 is 0 Å². The van der Waals surface area contributed by atoms with Crippen molar-refractivity contribution >= 4 is 35.6 Å². The minimum absolute atomic E-state index is 0.0659. The van der Waals surface area contributed by atoms with Gasteiger partial charge in [0.2, 0.25) is 0 Å². The van der Waals surface area contributed by atoms with Gasteiger partial charge in [0.05, 0.1) is 40.6 Å². The summed E-state index contributed by atoms with van der Waals surface area (Å²) in [6, 6.07) is -1.46. The van der Waals surface area contributed by atoms with Crippen LogP contribution in [0.25, 0.3) is 11.0 Å². The van der Waals surface area contributed by atoms with Crippen molar-refractivity contribution in [3.63, 3.8) is 0 Å². The van der Waals surface area contributed by atoms with Crippen molar-refractivity contribution in [2.24, 2.45) is 0 Å². The molecule has 2 aromatic rings. The van der Waals surface area contributed by atoms with Gasteiger partial charge in [-0.25, -0.2) is 14.2 Å². The van der Waals surface area contributed by atoms with Crippen LogP contribution in [0.2, 0.25) is 18.1 Å². The van der Waals surface area contributed by atoms with Crippen LogP contribution in [-0.4, -0.2) is 79.4 Å². The molecule has 4 rings (SSSR count). The van der Waals surface area contributed by atoms with Crippen LogP contribution in [0.15, 0.2) is 30.3 Å². The number of carbonyl (C=O) groups excluding carboxylic acids is 1. The maximum absolute atomic E-state index is 14.6. The number of halogens is 7. The van der Waals surface area contributed by atoms with E-state index in [-0.39, 0.29) is 27.9 Å². The molecule has 1 aliphatic carbocycles. The average Bonchev–Trinajstić information content (AvgIpc) is 3.34. The molecule has 0 unspecified atom stereocenters. The first kappa shape index (κ1) is 40.7. The minimum Gasteiger partial charge on any atom is -0.491 e. The van der Waals surface area contributed by atoms with Crippen molar-refractivity contribution < 1.29 is 62.0 Å². The molecule has 51 heavy (non-hydrogen) atoms. The Kier molecular flexibility index (Phi) is 10.7. The molecule has 0 bridgehead atoms. The van der Waals surface area contributed by atoms with E-state index in [1.54, 1.807) is 0 Å². The van der Waals surface area contributed by atoms with Crippen LogP contribution >= 0.6 is 0 Å². The quantitative estimate of drug-likeness (QED) is 0.108. The van der Waals surface area contributed by atoms with E-state index in [2.05, 4.69) is 43.0 Å². The molecule has 2 atom stereocenters. The van der Waals surface area contributed by atoms with Gasteiger partial charge >= 0.3 is 27.9 Å². The fourth-order valence-electron chi connectivity index (χ4n) is 5.96. The molecule has 2 aliphatic rings. The number of amides is 1. The molecule has 1 amide bonds. The zero-order valence-electron chi connectivity index (χ0n) is 29.8. The zero-order valence-corrected chi connectivity index (χ0v) is 31.6. The van der Waals surface area contributed by atoms with Crippen molar-refractivity contribution in [2.75, 3.05) is 13.3 Å². The summed E-state index contributed by atoms with van der Waals surface area (Å²) in [5.41, 5.74) is -8.77. The summed E-state index contributed by atoms with van der Waals surface area (Å²) in [7, 11) is -8.34. The maximum atomic E-state index is 14.6. The summed E-state index contributed by atoms with van der Waals surface area (Å²) in [6.45, 7) is 14.9. The Morgan fingerprint density at radius 2 is 1.65 bits per heavy atom. The summed E-state index contributed by atoms with van der Waals surface area (Å²) in [5, 5.41) is -0.0673. The first-order chi connectivity index (χ1) is 23.0. The molecular formula is C32H44F7N3O7SSi. The predicted molar refractivity (Wildman–Crippen MR) is 176 cm³/mol. The number of ether oxygens (including phenoxy) is 2. The zero-order chi connectivity index (χ0) is 38.8. The third-order valence-electron chi connectivity index (χ3n) is 9.25. The number of carbonyl (C=O) groups is 1. The summed E-state index contributed by atoms with van der Waals surface area (Å²) < 4.78 is 144. The fraction of sp³-hybridized carbons (Fsp3) is 0.688. The Balaban J connectivity index is 1.66. The molecule has 1 fully saturated rings. The SMILES string of the molecule is CC(C)(C)OC(=O)N1[C@@H](CF)CC(OS(=O)(=O)C(F)(F)F)=C[C@H]1COc1cc(C(F)(F)F)c2c(c1)ncn2C1CC(C)(O[Si](C)(C)C(C)(C)C)C1. The summed E-state index contributed by atoms with van der Waals surface area (Å²) in [6.07, 6.45) is -3.74. The molecule has 1 saturated carbocycles. The standard InChI is InChI=1S/C32H44F7N3O7SSi/c1-28(2,3)47-27(43)42-19(16-33)10-23(48-50(44,45)32(37,38)39)11-20(42)17-46-22-12-24(31(34,35)36)26-25(13-22)40-18-41(26)21-14-30(7,15-21)49-51(8,9)29(4,5)6/h11-13,18-21H,10,14-17H2,1-9H3/t19-,20+,21?,30?/m1/s1. The number of aromatic nitrogens is 2. The van der Waals surface area contributed by atoms with Gasteiger partial charge in [-0.15, -0.1) is 0 Å². The van der Waals surface area contributed by atoms with Crippen LogP contribution in [0.1, 0.15) is 79.3 Å². The Bertz CT molecular complexity index is 1760. The lowest BCUT2D eigenvalue weighted by molar-refractivity contribution is -0.136. The van der Waals surface area contributed by atoms with E-state index in [1.807, 2.05) is 6.92 Å². The minimum atomic E-state index is -6.17. The lowest BCUT2D eigenvalue weighted by Gasteiger charge is -2.52. The normalized spacial score (nSPS) is 23.9. The highest BCUT2D eigenvalue weighted by atomic mass is 32.2. The topological polar surface area (TPSA) is 109 Å². The number of alkyl halides is 7. The second kappa shape index (κ2) is 13.4. The Labute approximate surface area is 293 Å². The molecular weight excluding hydrogens is 732 g/mol. The highest BCUT2D eigenvalue weighted by Gasteiger charge is 2.51. The second-order valence-corrected chi connectivity index (χ2v) is 22.0. The summed E-state index contributed by atoms with van der Waals surface area (Å²) in [4.78, 5) is 18.1. The average molecular weight is 776 g/mol. The van der Waals surface area contributed by atoms with Gasteiger partial charge in [0, 0.05) is 18.5 Å². The van der Waals surface area contributed by atoms with E-state index in [0.29, 0.717) is 12.8 Å². The largest absolute Gasteiger partial charge is 0.534 e. The van der Waals surface area contributed by atoms with Gasteiger partial charge in [-0.2, -0.15) is 34.8 Å². The number of fused-ring (bicyclic) bond motifs is 1. The Morgan fingerprint density at radius 3 is 2.16 bits per heavy atom. The molecule has 0 N–H and O–H groups in total. The third kappa shape index (κ3) is 8.94. The molecule has 1 aromatic heterocycles. The van der Waals surface area contributed by atoms with Gasteiger partial charge in [0.15, 0.2) is 8.32 Å². The van der Waals surface area contributed by atoms with Crippen LogP contribution in [-0.2, 0) is 29.6 Å². The van der Waals surface area contributed by atoms with Crippen molar-refractivity contribution in [1.29, 1.82) is 0 Å². The Hall–Kier alpha value is -3.06. The molecule has 10 nitrogen and oxygen atoms in total. The molecule has 1 aromatic carbocycles. The number of rotatable bonds is 9. The van der Waals surface area contributed by atoms with Gasteiger partial charge in [-0.1, -0.05) is 20.8 Å². The fourth-order valence-corrected chi connectivity index (χ4v) is 8.16. The number of benzene rings is 1. The number of imidazole rings is 1. The number of hydrogen-bond donors (Lipinski definition) is 0. The molecule has 0 saturated heterocycles. The van der Waals surface area contributed by atoms with Gasteiger partial charge in [0.25, 0.3) is 0 Å². The number of nitrogens with zero attached hydrogens (tertiary/aromatic N) is 3.